The zero-order chi connectivity index (χ0) is 30.3. The predicted molar refractivity (Wildman–Crippen MR) is 140 cm³/mol. The van der Waals surface area contributed by atoms with Crippen LogP contribution in [0, 0.1) is 17.3 Å². The van der Waals surface area contributed by atoms with Crippen LogP contribution in [0.4, 0.5) is 0 Å². The normalized spacial score (nSPS) is 39.6. The molecule has 11 nitrogen and oxygen atoms in total. The number of esters is 5. The molecule has 40 heavy (non-hydrogen) atoms. The van der Waals surface area contributed by atoms with Gasteiger partial charge >= 0.3 is 29.8 Å². The molecular formula is C28H37ClO11. The molecule has 3 fully saturated rings. The van der Waals surface area contributed by atoms with Crippen LogP contribution >= 0.6 is 11.6 Å². The molecule has 0 bridgehead atoms. The summed E-state index contributed by atoms with van der Waals surface area (Å²) in [6.45, 7) is 16.0. The van der Waals surface area contributed by atoms with Crippen LogP contribution in [-0.4, -0.2) is 76.5 Å². The Morgan fingerprint density at radius 3 is 2.00 bits per heavy atom. The fourth-order valence-electron chi connectivity index (χ4n) is 6.50. The number of carbonyl (C=O) groups excluding carboxylic acids is 5. The summed E-state index contributed by atoms with van der Waals surface area (Å²) in [6, 6.07) is 0. The van der Waals surface area contributed by atoms with Gasteiger partial charge in [-0.1, -0.05) is 25.7 Å². The van der Waals surface area contributed by atoms with Crippen LogP contribution in [0.5, 0.6) is 0 Å². The molecule has 3 rings (SSSR count). The third kappa shape index (κ3) is 5.50. The number of ether oxygens (including phenoxy) is 5. The maximum absolute atomic E-state index is 13.0. The number of carbonyl (C=O) groups is 5. The number of alkyl halides is 1. The first-order valence-corrected chi connectivity index (χ1v) is 13.5. The van der Waals surface area contributed by atoms with Crippen LogP contribution in [0.1, 0.15) is 60.8 Å². The maximum Gasteiger partial charge on any atom is 0.312 e. The van der Waals surface area contributed by atoms with E-state index in [9.17, 15) is 29.1 Å². The smallest absolute Gasteiger partial charge is 0.312 e. The highest BCUT2D eigenvalue weighted by molar-refractivity contribution is 6.23. The molecular weight excluding hydrogens is 548 g/mol. The van der Waals surface area contributed by atoms with Gasteiger partial charge in [0.25, 0.3) is 0 Å². The number of aliphatic hydroxyl groups is 1. The fourth-order valence-corrected chi connectivity index (χ4v) is 6.89. The first-order valence-electron chi connectivity index (χ1n) is 13.1. The number of halogens is 1. The summed E-state index contributed by atoms with van der Waals surface area (Å²) in [5, 5.41) is 11.1. The lowest BCUT2D eigenvalue weighted by atomic mass is 9.54. The number of hydrogen-bond acceptors (Lipinski definition) is 11. The van der Waals surface area contributed by atoms with E-state index in [1.165, 1.54) is 27.7 Å². The second-order valence-electron chi connectivity index (χ2n) is 11.0. The van der Waals surface area contributed by atoms with Crippen LogP contribution in [0.25, 0.3) is 0 Å². The highest BCUT2D eigenvalue weighted by Gasteiger charge is 2.69. The van der Waals surface area contributed by atoms with Crippen LogP contribution in [0.15, 0.2) is 24.3 Å². The molecule has 0 amide bonds. The molecule has 12 heteroatoms. The van der Waals surface area contributed by atoms with Gasteiger partial charge in [-0.3, -0.25) is 24.0 Å². The van der Waals surface area contributed by atoms with Crippen LogP contribution in [0.3, 0.4) is 0 Å². The van der Waals surface area contributed by atoms with E-state index in [1.54, 1.807) is 6.92 Å². The van der Waals surface area contributed by atoms with Crippen molar-refractivity contribution < 1.29 is 52.8 Å². The number of fused-ring (bicyclic) bond motifs is 2. The minimum atomic E-state index is -2.25. The highest BCUT2D eigenvalue weighted by atomic mass is 35.5. The summed E-state index contributed by atoms with van der Waals surface area (Å²) in [5.41, 5.74) is -3.12. The first-order chi connectivity index (χ1) is 18.5. The van der Waals surface area contributed by atoms with Crippen molar-refractivity contribution in [1.29, 1.82) is 0 Å². The van der Waals surface area contributed by atoms with E-state index in [4.69, 9.17) is 35.3 Å². The average Bonchev–Trinajstić information content (AvgIpc) is 3.06. The van der Waals surface area contributed by atoms with Gasteiger partial charge < -0.3 is 28.8 Å². The zero-order valence-corrected chi connectivity index (χ0v) is 24.3. The summed E-state index contributed by atoms with van der Waals surface area (Å²) in [4.78, 5) is 62.4. The second-order valence-corrected chi connectivity index (χ2v) is 11.5. The molecule has 222 valence electrons. The molecule has 0 radical (unpaired) electrons. The Labute approximate surface area is 238 Å². The van der Waals surface area contributed by atoms with E-state index in [2.05, 4.69) is 13.2 Å². The third-order valence-corrected chi connectivity index (χ3v) is 8.92. The van der Waals surface area contributed by atoms with Crippen molar-refractivity contribution in [3.05, 3.63) is 24.3 Å². The molecule has 2 unspecified atom stereocenters. The van der Waals surface area contributed by atoms with Crippen LogP contribution < -0.4 is 0 Å². The molecule has 10 atom stereocenters. The second kappa shape index (κ2) is 11.5. The molecule has 0 aromatic carbocycles. The van der Waals surface area contributed by atoms with Gasteiger partial charge in [-0.15, -0.1) is 11.6 Å². The lowest BCUT2D eigenvalue weighted by Gasteiger charge is -2.56. The topological polar surface area (TPSA) is 152 Å². The Bertz CT molecular complexity index is 1120. The van der Waals surface area contributed by atoms with E-state index >= 15 is 0 Å². The Kier molecular flexibility index (Phi) is 9.10. The van der Waals surface area contributed by atoms with Crippen LogP contribution in [-0.2, 0) is 47.7 Å². The number of hydrogen-bond donors (Lipinski definition) is 1. The van der Waals surface area contributed by atoms with Gasteiger partial charge in [0.15, 0.2) is 11.7 Å². The van der Waals surface area contributed by atoms with E-state index in [0.29, 0.717) is 5.57 Å². The molecule has 1 aliphatic heterocycles. The van der Waals surface area contributed by atoms with E-state index in [1.807, 2.05) is 0 Å². The largest absolute Gasteiger partial charge is 0.462 e. The summed E-state index contributed by atoms with van der Waals surface area (Å²) < 4.78 is 28.5. The molecule has 1 N–H and O–H groups in total. The molecule has 1 saturated heterocycles. The maximum atomic E-state index is 13.0. The summed E-state index contributed by atoms with van der Waals surface area (Å²) in [6.07, 6.45) is -5.88. The summed E-state index contributed by atoms with van der Waals surface area (Å²) in [7, 11) is 0. The standard InChI is InChI=1S/C28H37ClO11/c1-12-9-10-20(37-16(5)31)27(8)21(38-17(6)32)11-19(36-15(4)30)13(2)23(29)25-28(35,14(3)26(34)40-25)24(22(12)27)39-18(7)33/h14,19-25,35H,1-2,9-11H2,3-8H3/t14-,19?,20-,21-,22+,23-,24?,25-,27+,28+/m0/s1. The van der Waals surface area contributed by atoms with Crippen molar-refractivity contribution in [3.8, 4) is 0 Å². The third-order valence-electron chi connectivity index (χ3n) is 8.41. The van der Waals surface area contributed by atoms with Crippen molar-refractivity contribution in [3.63, 3.8) is 0 Å². The summed E-state index contributed by atoms with van der Waals surface area (Å²) >= 11 is 6.80. The SMILES string of the molecule is C=C1CC[C@H](OC(C)=O)[C@]2(C)[C@@H](OC(C)=O)CC(OC(C)=O)C(=C)[C@H](Cl)[C@@H]3OC(=O)[C@H](C)[C@@]3(O)C(OC(C)=O)[C@@H]12. The Morgan fingerprint density at radius 1 is 0.950 bits per heavy atom. The Hall–Kier alpha value is -2.92. The van der Waals surface area contributed by atoms with Gasteiger partial charge in [0, 0.05) is 40.0 Å². The van der Waals surface area contributed by atoms with Gasteiger partial charge in [-0.25, -0.2) is 0 Å². The highest BCUT2D eigenvalue weighted by Crippen LogP contribution is 2.57. The lowest BCUT2D eigenvalue weighted by molar-refractivity contribution is -0.225. The molecule has 2 saturated carbocycles. The lowest BCUT2D eigenvalue weighted by Crippen LogP contribution is -2.67. The van der Waals surface area contributed by atoms with Crippen molar-refractivity contribution in [2.75, 3.05) is 0 Å². The monoisotopic (exact) mass is 584 g/mol. The average molecular weight is 585 g/mol. The Balaban J connectivity index is 2.42. The van der Waals surface area contributed by atoms with Gasteiger partial charge in [0.2, 0.25) is 0 Å². The molecule has 0 spiro atoms. The van der Waals surface area contributed by atoms with Crippen LogP contribution in [0.2, 0.25) is 0 Å². The molecule has 1 heterocycles. The van der Waals surface area contributed by atoms with E-state index in [-0.39, 0.29) is 24.8 Å². The molecule has 0 aromatic rings. The van der Waals surface area contributed by atoms with Gasteiger partial charge in [0.1, 0.15) is 24.4 Å². The fraction of sp³-hybridized carbons (Fsp3) is 0.679. The first kappa shape index (κ1) is 31.6. The van der Waals surface area contributed by atoms with E-state index < -0.39 is 88.6 Å². The van der Waals surface area contributed by atoms with Crippen molar-refractivity contribution in [1.82, 2.24) is 0 Å². The minimum Gasteiger partial charge on any atom is -0.462 e. The summed E-state index contributed by atoms with van der Waals surface area (Å²) in [5.74, 6) is -5.88. The molecule has 2 aliphatic carbocycles. The zero-order valence-electron chi connectivity index (χ0n) is 23.6. The van der Waals surface area contributed by atoms with Gasteiger partial charge in [-0.05, 0) is 25.3 Å². The predicted octanol–water partition coefficient (Wildman–Crippen LogP) is 2.55. The Morgan fingerprint density at radius 2 is 1.48 bits per heavy atom. The van der Waals surface area contributed by atoms with Gasteiger partial charge in [-0.2, -0.15) is 0 Å². The van der Waals surface area contributed by atoms with Crippen molar-refractivity contribution >= 4 is 41.4 Å². The quantitative estimate of drug-likeness (QED) is 0.224. The minimum absolute atomic E-state index is 0.0571. The van der Waals surface area contributed by atoms with E-state index in [0.717, 1.165) is 6.92 Å². The van der Waals surface area contributed by atoms with Gasteiger partial charge in [0.05, 0.1) is 16.7 Å². The molecule has 3 aliphatic rings. The molecule has 0 aromatic heterocycles. The number of rotatable bonds is 4. The van der Waals surface area contributed by atoms with Crippen molar-refractivity contribution in [2.45, 2.75) is 102 Å². The van der Waals surface area contributed by atoms with Crippen molar-refractivity contribution in [2.24, 2.45) is 17.3 Å².